The average molecular weight is 464 g/mol. The number of rotatable bonds is 9. The van der Waals surface area contributed by atoms with Gasteiger partial charge in [-0.1, -0.05) is 54.6 Å². The first kappa shape index (κ1) is 24.7. The van der Waals surface area contributed by atoms with Crippen molar-refractivity contribution in [3.63, 3.8) is 0 Å². The Hall–Kier alpha value is -2.97. The van der Waals surface area contributed by atoms with Crippen molar-refractivity contribution in [2.24, 2.45) is 0 Å². The molecule has 0 N–H and O–H groups in total. The standard InChI is InChI=1S/C28H32O4P/c1-21-12-5-8-15-25(21)33(26-16-9-6-13-22(26)2,27-17-10-7-14-23(27)3)19-11-18-31-28(30)20-32-24(4)29/h5-10,12-17H,11,18-20H2,1-4H3/q+1. The Morgan fingerprint density at radius 1 is 0.697 bits per heavy atom. The van der Waals surface area contributed by atoms with Crippen molar-refractivity contribution in [1.29, 1.82) is 0 Å². The Bertz CT molecular complexity index is 1010. The predicted octanol–water partition coefficient (Wildman–Crippen LogP) is 4.40. The zero-order valence-electron chi connectivity index (χ0n) is 19.8. The van der Waals surface area contributed by atoms with Gasteiger partial charge in [-0.3, -0.25) is 4.79 Å². The molecule has 0 aliphatic carbocycles. The molecule has 3 aromatic carbocycles. The van der Waals surface area contributed by atoms with Gasteiger partial charge in [0, 0.05) is 13.3 Å². The van der Waals surface area contributed by atoms with Gasteiger partial charge >= 0.3 is 11.9 Å². The molecular formula is C28H32O4P+. The average Bonchev–Trinajstić information content (AvgIpc) is 2.80. The molecule has 3 rings (SSSR count). The number of benzene rings is 3. The summed E-state index contributed by atoms with van der Waals surface area (Å²) in [5, 5.41) is 4.08. The van der Waals surface area contributed by atoms with Crippen LogP contribution in [0.4, 0.5) is 0 Å². The summed E-state index contributed by atoms with van der Waals surface area (Å²) in [5.41, 5.74) is 3.80. The number of aryl methyl sites for hydroxylation is 3. The molecule has 0 bridgehead atoms. The Morgan fingerprint density at radius 2 is 1.12 bits per heavy atom. The van der Waals surface area contributed by atoms with Crippen molar-refractivity contribution in [2.75, 3.05) is 19.4 Å². The van der Waals surface area contributed by atoms with Crippen molar-refractivity contribution in [3.8, 4) is 0 Å². The van der Waals surface area contributed by atoms with E-state index in [1.807, 2.05) is 0 Å². The van der Waals surface area contributed by atoms with Crippen LogP contribution in [0.25, 0.3) is 0 Å². The van der Waals surface area contributed by atoms with Crippen molar-refractivity contribution in [3.05, 3.63) is 89.5 Å². The molecule has 0 amide bonds. The minimum Gasteiger partial charge on any atom is -0.463 e. The smallest absolute Gasteiger partial charge is 0.344 e. The summed E-state index contributed by atoms with van der Waals surface area (Å²) in [5.74, 6) is -1.01. The molecule has 0 saturated heterocycles. The van der Waals surface area contributed by atoms with E-state index in [-0.39, 0.29) is 13.2 Å². The van der Waals surface area contributed by atoms with Crippen molar-refractivity contribution in [2.45, 2.75) is 34.1 Å². The first-order valence-corrected chi connectivity index (χ1v) is 13.2. The second-order valence-electron chi connectivity index (χ2n) is 8.25. The minimum absolute atomic E-state index is 0.283. The van der Waals surface area contributed by atoms with Crippen LogP contribution in [0.3, 0.4) is 0 Å². The summed E-state index contributed by atoms with van der Waals surface area (Å²) in [6, 6.07) is 25.9. The number of carbonyl (C=O) groups excluding carboxylic acids is 2. The van der Waals surface area contributed by atoms with E-state index in [0.717, 1.165) is 6.16 Å². The highest BCUT2D eigenvalue weighted by Gasteiger charge is 2.47. The number of carbonyl (C=O) groups is 2. The van der Waals surface area contributed by atoms with Gasteiger partial charge in [0.1, 0.15) is 23.2 Å². The van der Waals surface area contributed by atoms with Crippen LogP contribution in [0.2, 0.25) is 0 Å². The van der Waals surface area contributed by atoms with Crippen LogP contribution in [0.5, 0.6) is 0 Å². The van der Waals surface area contributed by atoms with Crippen LogP contribution in [-0.4, -0.2) is 31.3 Å². The van der Waals surface area contributed by atoms with Crippen LogP contribution in [0.15, 0.2) is 72.8 Å². The summed E-state index contributed by atoms with van der Waals surface area (Å²) >= 11 is 0. The highest BCUT2D eigenvalue weighted by molar-refractivity contribution is 7.96. The van der Waals surface area contributed by atoms with Gasteiger partial charge in [-0.05, 0) is 55.7 Å². The molecule has 172 valence electrons. The van der Waals surface area contributed by atoms with Crippen molar-refractivity contribution >= 4 is 35.1 Å². The molecule has 4 nitrogen and oxygen atoms in total. The van der Waals surface area contributed by atoms with Crippen LogP contribution in [-0.2, 0) is 19.1 Å². The Morgan fingerprint density at radius 3 is 1.52 bits per heavy atom. The van der Waals surface area contributed by atoms with Crippen LogP contribution in [0.1, 0.15) is 30.0 Å². The summed E-state index contributed by atoms with van der Waals surface area (Å²) in [6.45, 7) is 7.76. The fourth-order valence-corrected chi connectivity index (χ4v) is 9.57. The van der Waals surface area contributed by atoms with E-state index in [2.05, 4.69) is 93.6 Å². The molecule has 0 aliphatic rings. The largest absolute Gasteiger partial charge is 0.463 e. The molecule has 0 spiro atoms. The summed E-state index contributed by atoms with van der Waals surface area (Å²) in [6.07, 6.45) is 1.57. The van der Waals surface area contributed by atoms with E-state index in [9.17, 15) is 9.59 Å². The SMILES string of the molecule is CC(=O)OCC(=O)OCCC[P+](c1ccccc1C)(c1ccccc1C)c1ccccc1C. The van der Waals surface area contributed by atoms with Crippen LogP contribution in [0, 0.1) is 20.8 Å². The fourth-order valence-electron chi connectivity index (χ4n) is 4.42. The Kier molecular flexibility index (Phi) is 8.41. The van der Waals surface area contributed by atoms with Gasteiger partial charge in [-0.15, -0.1) is 0 Å². The molecule has 0 atom stereocenters. The third kappa shape index (κ3) is 5.69. The molecular weight excluding hydrogens is 431 g/mol. The van der Waals surface area contributed by atoms with E-state index < -0.39 is 19.2 Å². The zero-order chi connectivity index (χ0) is 23.8. The lowest BCUT2D eigenvalue weighted by atomic mass is 10.2. The predicted molar refractivity (Wildman–Crippen MR) is 136 cm³/mol. The molecule has 0 fully saturated rings. The normalized spacial score (nSPS) is 11.2. The summed E-state index contributed by atoms with van der Waals surface area (Å²) in [7, 11) is -2.03. The maximum absolute atomic E-state index is 12.0. The van der Waals surface area contributed by atoms with Crippen molar-refractivity contribution < 1.29 is 19.1 Å². The zero-order valence-corrected chi connectivity index (χ0v) is 20.7. The molecule has 0 aliphatic heterocycles. The van der Waals surface area contributed by atoms with Gasteiger partial charge in [0.15, 0.2) is 6.61 Å². The molecule has 0 saturated carbocycles. The number of esters is 2. The first-order chi connectivity index (χ1) is 15.9. The molecule has 5 heteroatoms. The van der Waals surface area contributed by atoms with Crippen LogP contribution < -0.4 is 15.9 Å². The quantitative estimate of drug-likeness (QED) is 0.268. The van der Waals surface area contributed by atoms with Gasteiger partial charge in [-0.25, -0.2) is 4.79 Å². The van der Waals surface area contributed by atoms with E-state index in [0.29, 0.717) is 6.42 Å². The Labute approximate surface area is 197 Å². The highest BCUT2D eigenvalue weighted by Crippen LogP contribution is 2.57. The maximum atomic E-state index is 12.0. The third-order valence-electron chi connectivity index (χ3n) is 5.87. The topological polar surface area (TPSA) is 52.6 Å². The molecule has 33 heavy (non-hydrogen) atoms. The molecule has 0 unspecified atom stereocenters. The van der Waals surface area contributed by atoms with E-state index in [1.54, 1.807) is 0 Å². The maximum Gasteiger partial charge on any atom is 0.344 e. The lowest BCUT2D eigenvalue weighted by Crippen LogP contribution is -2.37. The molecule has 0 heterocycles. The first-order valence-electron chi connectivity index (χ1n) is 11.2. The lowest BCUT2D eigenvalue weighted by molar-refractivity contribution is -0.157. The van der Waals surface area contributed by atoms with Gasteiger partial charge in [-0.2, -0.15) is 0 Å². The third-order valence-corrected chi connectivity index (χ3v) is 10.8. The van der Waals surface area contributed by atoms with E-state index in [1.165, 1.54) is 39.5 Å². The Balaban J connectivity index is 2.05. The summed E-state index contributed by atoms with van der Waals surface area (Å²) in [4.78, 5) is 22.9. The number of hydrogen-bond donors (Lipinski definition) is 0. The van der Waals surface area contributed by atoms with Gasteiger partial charge < -0.3 is 9.47 Å². The summed E-state index contributed by atoms with van der Waals surface area (Å²) < 4.78 is 10.1. The molecule has 3 aromatic rings. The van der Waals surface area contributed by atoms with E-state index >= 15 is 0 Å². The second kappa shape index (κ2) is 11.2. The van der Waals surface area contributed by atoms with Crippen molar-refractivity contribution in [1.82, 2.24) is 0 Å². The van der Waals surface area contributed by atoms with Gasteiger partial charge in [0.2, 0.25) is 0 Å². The van der Waals surface area contributed by atoms with E-state index in [4.69, 9.17) is 9.47 Å². The molecule has 0 radical (unpaired) electrons. The second-order valence-corrected chi connectivity index (χ2v) is 11.8. The van der Waals surface area contributed by atoms with Crippen LogP contribution >= 0.6 is 7.26 Å². The fraction of sp³-hybridized carbons (Fsp3) is 0.286. The number of hydrogen-bond acceptors (Lipinski definition) is 4. The lowest BCUT2D eigenvalue weighted by Gasteiger charge is -2.31. The number of ether oxygens (including phenoxy) is 2. The monoisotopic (exact) mass is 463 g/mol. The minimum atomic E-state index is -2.03. The van der Waals surface area contributed by atoms with Gasteiger partial charge in [0.25, 0.3) is 0 Å². The van der Waals surface area contributed by atoms with Gasteiger partial charge in [0.05, 0.1) is 12.8 Å². The highest BCUT2D eigenvalue weighted by atomic mass is 31.2. The molecule has 0 aromatic heterocycles.